The number of amides is 3. The molecule has 22 heavy (non-hydrogen) atoms. The van der Waals surface area contributed by atoms with Gasteiger partial charge in [-0.15, -0.1) is 0 Å². The normalized spacial score (nSPS) is 16.5. The number of rotatable bonds is 3. The molecule has 1 atom stereocenters. The molecule has 1 aromatic rings. The number of anilines is 1. The van der Waals surface area contributed by atoms with Crippen LogP contribution in [0.15, 0.2) is 24.3 Å². The lowest BCUT2D eigenvalue weighted by Gasteiger charge is -2.24. The highest BCUT2D eigenvalue weighted by Gasteiger charge is 2.17. The number of nitrogens with one attached hydrogen (secondary N) is 2. The van der Waals surface area contributed by atoms with Gasteiger partial charge in [0.15, 0.2) is 0 Å². The van der Waals surface area contributed by atoms with Crippen molar-refractivity contribution >= 4 is 17.6 Å². The third-order valence-corrected chi connectivity index (χ3v) is 3.94. The van der Waals surface area contributed by atoms with Crippen LogP contribution in [0.3, 0.4) is 0 Å². The maximum Gasteiger partial charge on any atom is 0.317 e. The van der Waals surface area contributed by atoms with Crippen LogP contribution in [0.4, 0.5) is 10.5 Å². The van der Waals surface area contributed by atoms with Crippen LogP contribution < -0.4 is 10.6 Å². The number of hydrogen-bond donors (Lipinski definition) is 2. The van der Waals surface area contributed by atoms with Crippen LogP contribution in [-0.2, 0) is 4.79 Å². The summed E-state index contributed by atoms with van der Waals surface area (Å²) in [6, 6.07) is 7.49. The lowest BCUT2D eigenvalue weighted by Crippen LogP contribution is -2.41. The highest BCUT2D eigenvalue weighted by molar-refractivity contribution is 5.88. The summed E-state index contributed by atoms with van der Waals surface area (Å²) >= 11 is 0. The second-order valence-electron chi connectivity index (χ2n) is 5.88. The lowest BCUT2D eigenvalue weighted by atomic mass is 10.1. The average Bonchev–Trinajstić information content (AvgIpc) is 2.76. The molecule has 1 aliphatic heterocycles. The molecule has 5 nitrogen and oxygen atoms in total. The van der Waals surface area contributed by atoms with Gasteiger partial charge in [0.25, 0.3) is 0 Å². The quantitative estimate of drug-likeness (QED) is 0.900. The molecule has 5 heteroatoms. The third kappa shape index (κ3) is 4.76. The average molecular weight is 303 g/mol. The Morgan fingerprint density at radius 3 is 2.45 bits per heavy atom. The smallest absolute Gasteiger partial charge is 0.317 e. The van der Waals surface area contributed by atoms with Gasteiger partial charge in [-0.25, -0.2) is 4.79 Å². The molecule has 1 fully saturated rings. The molecule has 2 N–H and O–H groups in total. The Morgan fingerprint density at radius 1 is 1.14 bits per heavy atom. The maximum atomic E-state index is 12.3. The fourth-order valence-electron chi connectivity index (χ4n) is 2.72. The van der Waals surface area contributed by atoms with Gasteiger partial charge in [-0.3, -0.25) is 4.79 Å². The van der Waals surface area contributed by atoms with Crippen LogP contribution >= 0.6 is 0 Å². The van der Waals surface area contributed by atoms with Crippen molar-refractivity contribution in [1.29, 1.82) is 0 Å². The zero-order valence-corrected chi connectivity index (χ0v) is 13.4. The van der Waals surface area contributed by atoms with E-state index in [4.69, 9.17) is 0 Å². The second-order valence-corrected chi connectivity index (χ2v) is 5.88. The predicted octanol–water partition coefficient (Wildman–Crippen LogP) is 3.29. The minimum absolute atomic E-state index is 0.000620. The number of hydrogen-bond acceptors (Lipinski definition) is 2. The number of benzene rings is 1. The fraction of sp³-hybridized carbons (Fsp3) is 0.529. The highest BCUT2D eigenvalue weighted by Crippen LogP contribution is 2.18. The molecule has 3 amide bonds. The van der Waals surface area contributed by atoms with Crippen LogP contribution in [0.1, 0.15) is 51.1 Å². The van der Waals surface area contributed by atoms with Gasteiger partial charge in [0, 0.05) is 25.7 Å². The van der Waals surface area contributed by atoms with Gasteiger partial charge in [-0.2, -0.15) is 0 Å². The number of carbonyl (C=O) groups is 2. The summed E-state index contributed by atoms with van der Waals surface area (Å²) in [5.41, 5.74) is 1.73. The largest absolute Gasteiger partial charge is 0.331 e. The van der Waals surface area contributed by atoms with Gasteiger partial charge in [-0.1, -0.05) is 25.0 Å². The minimum atomic E-state index is -0.0987. The molecule has 0 radical (unpaired) electrons. The standard InChI is InChI=1S/C17H25N3O2/c1-13(15-8-7-9-16(12-15)19-14(2)21)18-17(22)20-10-5-3-4-6-11-20/h7-9,12-13H,3-6,10-11H2,1-2H3,(H,18,22)(H,19,21)/t13-/m1/s1. The molecule has 2 rings (SSSR count). The van der Waals surface area contributed by atoms with E-state index in [0.717, 1.165) is 37.2 Å². The van der Waals surface area contributed by atoms with Gasteiger partial charge < -0.3 is 15.5 Å². The Bertz CT molecular complexity index is 522. The molecular weight excluding hydrogens is 278 g/mol. The van der Waals surface area contributed by atoms with Crippen molar-refractivity contribution in [1.82, 2.24) is 10.2 Å². The van der Waals surface area contributed by atoms with Crippen LogP contribution in [-0.4, -0.2) is 29.9 Å². The molecule has 0 saturated carbocycles. The molecule has 0 aliphatic carbocycles. The Labute approximate surface area is 132 Å². The molecule has 0 bridgehead atoms. The molecular formula is C17H25N3O2. The van der Waals surface area contributed by atoms with E-state index < -0.39 is 0 Å². The Balaban J connectivity index is 1.97. The zero-order chi connectivity index (χ0) is 15.9. The number of nitrogens with zero attached hydrogens (tertiary/aromatic N) is 1. The van der Waals surface area contributed by atoms with Gasteiger partial charge >= 0.3 is 6.03 Å². The Kier molecular flexibility index (Phi) is 5.81. The fourth-order valence-corrected chi connectivity index (χ4v) is 2.72. The van der Waals surface area contributed by atoms with Gasteiger partial charge in [0.1, 0.15) is 0 Å². The Hall–Kier alpha value is -2.04. The van der Waals surface area contributed by atoms with Crippen LogP contribution in [0, 0.1) is 0 Å². The first-order valence-corrected chi connectivity index (χ1v) is 7.99. The van der Waals surface area contributed by atoms with Crippen molar-refractivity contribution in [2.45, 2.75) is 45.6 Å². The van der Waals surface area contributed by atoms with Crippen molar-refractivity contribution in [3.63, 3.8) is 0 Å². The zero-order valence-electron chi connectivity index (χ0n) is 13.4. The number of urea groups is 1. The van der Waals surface area contributed by atoms with E-state index in [1.54, 1.807) is 0 Å². The van der Waals surface area contributed by atoms with Crippen molar-refractivity contribution in [2.75, 3.05) is 18.4 Å². The summed E-state index contributed by atoms with van der Waals surface area (Å²) in [6.07, 6.45) is 4.58. The van der Waals surface area contributed by atoms with E-state index >= 15 is 0 Å². The van der Waals surface area contributed by atoms with E-state index in [1.807, 2.05) is 36.1 Å². The van der Waals surface area contributed by atoms with Crippen LogP contribution in [0.25, 0.3) is 0 Å². The van der Waals surface area contributed by atoms with Crippen LogP contribution in [0.5, 0.6) is 0 Å². The summed E-state index contributed by atoms with van der Waals surface area (Å²) in [5, 5.41) is 5.81. The molecule has 0 spiro atoms. The van der Waals surface area contributed by atoms with E-state index in [2.05, 4.69) is 10.6 Å². The Morgan fingerprint density at radius 2 is 1.82 bits per heavy atom. The van der Waals surface area contributed by atoms with E-state index in [9.17, 15) is 9.59 Å². The first-order chi connectivity index (χ1) is 10.6. The SMILES string of the molecule is CC(=O)Nc1cccc([C@@H](C)NC(=O)N2CCCCCC2)c1. The molecule has 1 saturated heterocycles. The second kappa shape index (κ2) is 7.82. The maximum absolute atomic E-state index is 12.3. The molecule has 1 heterocycles. The number of likely N-dealkylation sites (tertiary alicyclic amines) is 1. The minimum Gasteiger partial charge on any atom is -0.331 e. The van der Waals surface area contributed by atoms with Crippen molar-refractivity contribution < 1.29 is 9.59 Å². The van der Waals surface area contributed by atoms with E-state index in [1.165, 1.54) is 19.8 Å². The van der Waals surface area contributed by atoms with E-state index in [-0.39, 0.29) is 18.0 Å². The molecule has 0 aromatic heterocycles. The summed E-state index contributed by atoms with van der Waals surface area (Å²) in [4.78, 5) is 25.4. The van der Waals surface area contributed by atoms with Crippen LogP contribution in [0.2, 0.25) is 0 Å². The lowest BCUT2D eigenvalue weighted by molar-refractivity contribution is -0.114. The first-order valence-electron chi connectivity index (χ1n) is 7.99. The summed E-state index contributed by atoms with van der Waals surface area (Å²) < 4.78 is 0. The third-order valence-electron chi connectivity index (χ3n) is 3.94. The van der Waals surface area contributed by atoms with Gasteiger partial charge in [-0.05, 0) is 37.5 Å². The summed E-state index contributed by atoms with van der Waals surface area (Å²) in [5.74, 6) is -0.0987. The molecule has 0 unspecified atom stereocenters. The summed E-state index contributed by atoms with van der Waals surface area (Å²) in [7, 11) is 0. The summed E-state index contributed by atoms with van der Waals surface area (Å²) in [6.45, 7) is 5.12. The monoisotopic (exact) mass is 303 g/mol. The first kappa shape index (κ1) is 16.3. The number of carbonyl (C=O) groups excluding carboxylic acids is 2. The van der Waals surface area contributed by atoms with Gasteiger partial charge in [0.05, 0.1) is 6.04 Å². The predicted molar refractivity (Wildman–Crippen MR) is 87.7 cm³/mol. The van der Waals surface area contributed by atoms with Gasteiger partial charge in [0.2, 0.25) is 5.91 Å². The topological polar surface area (TPSA) is 61.4 Å². The highest BCUT2D eigenvalue weighted by atomic mass is 16.2. The van der Waals surface area contributed by atoms with Crippen molar-refractivity contribution in [3.05, 3.63) is 29.8 Å². The molecule has 1 aliphatic rings. The van der Waals surface area contributed by atoms with Crippen molar-refractivity contribution in [2.24, 2.45) is 0 Å². The van der Waals surface area contributed by atoms with E-state index in [0.29, 0.717) is 0 Å². The molecule has 120 valence electrons. The molecule has 1 aromatic carbocycles. The van der Waals surface area contributed by atoms with Crippen molar-refractivity contribution in [3.8, 4) is 0 Å².